The monoisotopic (exact) mass is 123 g/mol. The first-order valence-corrected chi connectivity index (χ1v) is 1.80. The summed E-state index contributed by atoms with van der Waals surface area (Å²) in [4.78, 5) is 9.65. The van der Waals surface area contributed by atoms with E-state index >= 15 is 0 Å². The molecule has 0 aliphatic carbocycles. The van der Waals surface area contributed by atoms with Gasteiger partial charge in [0, 0.05) is 0 Å². The number of primary amides is 1. The van der Waals surface area contributed by atoms with Gasteiger partial charge in [0.25, 0.3) is 0 Å². The Morgan fingerprint density at radius 2 is 2.25 bits per heavy atom. The first kappa shape index (κ1) is 10.2. The van der Waals surface area contributed by atoms with E-state index in [9.17, 15) is 4.79 Å². The SMILES string of the molecule is NC(=O)OCCO.O. The van der Waals surface area contributed by atoms with Crippen LogP contribution in [0, 0.1) is 0 Å². The van der Waals surface area contributed by atoms with Crippen molar-refractivity contribution in [1.29, 1.82) is 0 Å². The number of hydrogen-bond donors (Lipinski definition) is 2. The van der Waals surface area contributed by atoms with Crippen LogP contribution < -0.4 is 5.73 Å². The maximum absolute atomic E-state index is 9.65. The van der Waals surface area contributed by atoms with Crippen molar-refractivity contribution in [2.75, 3.05) is 13.2 Å². The first-order valence-electron chi connectivity index (χ1n) is 1.80. The van der Waals surface area contributed by atoms with Crippen LogP contribution >= 0.6 is 0 Å². The van der Waals surface area contributed by atoms with Gasteiger partial charge in [0.1, 0.15) is 6.61 Å². The molecule has 0 spiro atoms. The predicted molar refractivity (Wildman–Crippen MR) is 26.2 cm³/mol. The lowest BCUT2D eigenvalue weighted by molar-refractivity contribution is 0.127. The zero-order chi connectivity index (χ0) is 5.70. The van der Waals surface area contributed by atoms with Gasteiger partial charge in [-0.05, 0) is 0 Å². The molecule has 0 atom stereocenters. The van der Waals surface area contributed by atoms with E-state index in [1.807, 2.05) is 0 Å². The first-order chi connectivity index (χ1) is 3.27. The minimum atomic E-state index is -0.853. The standard InChI is InChI=1S/C3H7NO3.H2O/c4-3(6)7-2-1-5;/h5H,1-2H2,(H2,4,6);1H2. The Morgan fingerprint density at radius 1 is 1.75 bits per heavy atom. The van der Waals surface area contributed by atoms with Crippen molar-refractivity contribution in [2.45, 2.75) is 0 Å². The average molecular weight is 123 g/mol. The van der Waals surface area contributed by atoms with E-state index in [4.69, 9.17) is 5.11 Å². The highest BCUT2D eigenvalue weighted by Crippen LogP contribution is 1.67. The average Bonchev–Trinajstić information content (AvgIpc) is 1.61. The Bertz CT molecular complexity index is 64.3. The summed E-state index contributed by atoms with van der Waals surface area (Å²) in [5.41, 5.74) is 4.51. The molecule has 0 rings (SSSR count). The Kier molecular flexibility index (Phi) is 7.91. The summed E-state index contributed by atoms with van der Waals surface area (Å²) in [6.07, 6.45) is -0.853. The van der Waals surface area contributed by atoms with E-state index in [-0.39, 0.29) is 18.7 Å². The second-order valence-electron chi connectivity index (χ2n) is 0.891. The van der Waals surface area contributed by atoms with Crippen molar-refractivity contribution >= 4 is 6.09 Å². The third-order valence-corrected chi connectivity index (χ3v) is 0.336. The van der Waals surface area contributed by atoms with Gasteiger partial charge in [0.15, 0.2) is 0 Å². The van der Waals surface area contributed by atoms with Gasteiger partial charge in [-0.25, -0.2) is 4.79 Å². The van der Waals surface area contributed by atoms with Crippen LogP contribution in [0.15, 0.2) is 0 Å². The molecule has 0 aromatic rings. The van der Waals surface area contributed by atoms with E-state index in [0.717, 1.165) is 0 Å². The van der Waals surface area contributed by atoms with Crippen LogP contribution in [0.2, 0.25) is 0 Å². The molecular weight excluding hydrogens is 114 g/mol. The van der Waals surface area contributed by atoms with Crippen molar-refractivity contribution < 1.29 is 20.1 Å². The fourth-order valence-corrected chi connectivity index (χ4v) is 0.146. The molecule has 1 amide bonds. The molecule has 8 heavy (non-hydrogen) atoms. The third-order valence-electron chi connectivity index (χ3n) is 0.336. The number of aliphatic hydroxyl groups excluding tert-OH is 1. The summed E-state index contributed by atoms with van der Waals surface area (Å²) in [7, 11) is 0. The Morgan fingerprint density at radius 3 is 2.38 bits per heavy atom. The van der Waals surface area contributed by atoms with E-state index in [2.05, 4.69) is 10.5 Å². The zero-order valence-electron chi connectivity index (χ0n) is 4.26. The molecule has 0 heterocycles. The van der Waals surface area contributed by atoms with Gasteiger partial charge in [0.05, 0.1) is 6.61 Å². The molecule has 0 saturated heterocycles. The van der Waals surface area contributed by atoms with E-state index < -0.39 is 6.09 Å². The third kappa shape index (κ3) is 8.95. The topological polar surface area (TPSA) is 104 Å². The molecule has 50 valence electrons. The molecule has 0 bridgehead atoms. The van der Waals surface area contributed by atoms with Gasteiger partial charge in [-0.15, -0.1) is 0 Å². The molecule has 0 aromatic carbocycles. The number of nitrogens with two attached hydrogens (primary N) is 1. The van der Waals surface area contributed by atoms with Gasteiger partial charge >= 0.3 is 6.09 Å². The fourth-order valence-electron chi connectivity index (χ4n) is 0.146. The lowest BCUT2D eigenvalue weighted by atomic mass is 10.8. The van der Waals surface area contributed by atoms with Crippen LogP contribution in [-0.4, -0.2) is 29.9 Å². The van der Waals surface area contributed by atoms with Crippen LogP contribution in [0.3, 0.4) is 0 Å². The smallest absolute Gasteiger partial charge is 0.404 e. The molecule has 0 aliphatic heterocycles. The maximum atomic E-state index is 9.65. The summed E-state index contributed by atoms with van der Waals surface area (Å²) in [5, 5.41) is 7.98. The van der Waals surface area contributed by atoms with Gasteiger partial charge in [-0.3, -0.25) is 0 Å². The van der Waals surface area contributed by atoms with Gasteiger partial charge in [-0.2, -0.15) is 0 Å². The van der Waals surface area contributed by atoms with Gasteiger partial charge in [0.2, 0.25) is 0 Å². The maximum Gasteiger partial charge on any atom is 0.404 e. The summed E-state index contributed by atoms with van der Waals surface area (Å²) in [6, 6.07) is 0. The molecule has 0 unspecified atom stereocenters. The molecule has 0 radical (unpaired) electrons. The lowest BCUT2D eigenvalue weighted by Crippen LogP contribution is -2.15. The Labute approximate surface area is 46.4 Å². The van der Waals surface area contributed by atoms with Crippen LogP contribution in [-0.2, 0) is 4.74 Å². The molecule has 0 aromatic heterocycles. The largest absolute Gasteiger partial charge is 0.447 e. The number of ether oxygens (including phenoxy) is 1. The summed E-state index contributed by atoms with van der Waals surface area (Å²) in [6.45, 7) is -0.196. The quantitative estimate of drug-likeness (QED) is 0.454. The molecule has 0 fully saturated rings. The van der Waals surface area contributed by atoms with Crippen LogP contribution in [0.5, 0.6) is 0 Å². The molecule has 5 nitrogen and oxygen atoms in total. The highest BCUT2D eigenvalue weighted by Gasteiger charge is 1.87. The predicted octanol–water partition coefficient (Wildman–Crippen LogP) is -1.75. The second kappa shape index (κ2) is 6.19. The lowest BCUT2D eigenvalue weighted by Gasteiger charge is -1.92. The van der Waals surface area contributed by atoms with Crippen molar-refractivity contribution in [2.24, 2.45) is 5.73 Å². The van der Waals surface area contributed by atoms with Gasteiger partial charge in [-0.1, -0.05) is 0 Å². The van der Waals surface area contributed by atoms with Crippen LogP contribution in [0.1, 0.15) is 0 Å². The number of carbonyl (C=O) groups excluding carboxylic acids is 1. The summed E-state index contributed by atoms with van der Waals surface area (Å²) < 4.78 is 4.08. The zero-order valence-corrected chi connectivity index (χ0v) is 4.26. The molecule has 0 saturated carbocycles. The Hall–Kier alpha value is -0.810. The van der Waals surface area contributed by atoms with Crippen molar-refractivity contribution in [3.63, 3.8) is 0 Å². The van der Waals surface area contributed by atoms with Crippen LogP contribution in [0.4, 0.5) is 4.79 Å². The van der Waals surface area contributed by atoms with Crippen molar-refractivity contribution in [3.05, 3.63) is 0 Å². The van der Waals surface area contributed by atoms with E-state index in [0.29, 0.717) is 0 Å². The molecule has 0 aliphatic rings. The number of carbonyl (C=O) groups is 1. The van der Waals surface area contributed by atoms with Gasteiger partial charge < -0.3 is 21.1 Å². The summed E-state index contributed by atoms with van der Waals surface area (Å²) in [5.74, 6) is 0. The van der Waals surface area contributed by atoms with Crippen molar-refractivity contribution in [1.82, 2.24) is 0 Å². The number of hydrogen-bond acceptors (Lipinski definition) is 3. The van der Waals surface area contributed by atoms with E-state index in [1.54, 1.807) is 0 Å². The summed E-state index contributed by atoms with van der Waals surface area (Å²) >= 11 is 0. The highest BCUT2D eigenvalue weighted by atomic mass is 16.6. The minimum Gasteiger partial charge on any atom is -0.447 e. The molecule has 5 N–H and O–H groups in total. The number of aliphatic hydroxyl groups is 1. The van der Waals surface area contributed by atoms with Crippen LogP contribution in [0.25, 0.3) is 0 Å². The van der Waals surface area contributed by atoms with Crippen molar-refractivity contribution in [3.8, 4) is 0 Å². The minimum absolute atomic E-state index is 0. The normalized spacial score (nSPS) is 7.12. The highest BCUT2D eigenvalue weighted by molar-refractivity contribution is 5.64. The second-order valence-corrected chi connectivity index (χ2v) is 0.891. The fraction of sp³-hybridized carbons (Fsp3) is 0.667. The van der Waals surface area contributed by atoms with E-state index in [1.165, 1.54) is 0 Å². The Balaban J connectivity index is 0. The molecular formula is C3H9NO4. The molecule has 5 heteroatoms. The number of rotatable bonds is 2. The number of amides is 1.